The monoisotopic (exact) mass is 348 g/mol. The normalized spacial score (nSPS) is 13.3. The lowest BCUT2D eigenvalue weighted by Crippen LogP contribution is -2.26. The molecular weight excluding hydrogens is 316 g/mol. The lowest BCUT2D eigenvalue weighted by Gasteiger charge is -2.24. The van der Waals surface area contributed by atoms with Crippen molar-refractivity contribution in [2.45, 2.75) is 71.1 Å². The number of unbranched alkanes of at least 4 members (excludes halogenated alkanes) is 4. The van der Waals surface area contributed by atoms with Gasteiger partial charge in [-0.2, -0.15) is 0 Å². The zero-order valence-electron chi connectivity index (χ0n) is 15.3. The van der Waals surface area contributed by atoms with E-state index in [2.05, 4.69) is 6.92 Å². The van der Waals surface area contributed by atoms with Crippen LogP contribution in [0.1, 0.15) is 70.3 Å². The minimum absolute atomic E-state index is 0.0400. The van der Waals surface area contributed by atoms with Crippen LogP contribution in [0.4, 0.5) is 0 Å². The summed E-state index contributed by atoms with van der Waals surface area (Å²) >= 11 is 0. The van der Waals surface area contributed by atoms with Gasteiger partial charge in [-0.05, 0) is 37.2 Å². The number of carbonyl (C=O) groups is 2. The van der Waals surface area contributed by atoms with E-state index in [0.29, 0.717) is 12.8 Å². The standard InChI is InChI=1S/C21H32O4/c1-2-3-4-5-9-13-18(16-17-11-7-6-8-12-17)19(21(24)25)14-10-15-20(22)23/h6-8,11-12,18-19H,2-5,9-10,13-16H2,1H3,(H,22,23)(H,24,25). The molecule has 140 valence electrons. The molecule has 0 heterocycles. The molecule has 0 aliphatic heterocycles. The largest absolute Gasteiger partial charge is 0.481 e. The highest BCUT2D eigenvalue weighted by Crippen LogP contribution is 2.28. The van der Waals surface area contributed by atoms with Crippen LogP contribution in [0, 0.1) is 11.8 Å². The second-order valence-electron chi connectivity index (χ2n) is 6.88. The molecule has 4 heteroatoms. The molecule has 1 aromatic carbocycles. The Labute approximate surface area is 151 Å². The number of carboxylic acid groups (broad SMARTS) is 2. The average Bonchev–Trinajstić information content (AvgIpc) is 2.58. The third-order valence-electron chi connectivity index (χ3n) is 4.81. The average molecular weight is 348 g/mol. The summed E-state index contributed by atoms with van der Waals surface area (Å²) in [5, 5.41) is 18.5. The smallest absolute Gasteiger partial charge is 0.306 e. The molecule has 0 aromatic heterocycles. The first-order valence-electron chi connectivity index (χ1n) is 9.53. The van der Waals surface area contributed by atoms with E-state index in [4.69, 9.17) is 5.11 Å². The van der Waals surface area contributed by atoms with Crippen LogP contribution in [-0.2, 0) is 16.0 Å². The molecule has 0 bridgehead atoms. The zero-order chi connectivity index (χ0) is 18.5. The predicted octanol–water partition coefficient (Wildman–Crippen LogP) is 5.16. The van der Waals surface area contributed by atoms with Crippen LogP contribution in [0.3, 0.4) is 0 Å². The van der Waals surface area contributed by atoms with Crippen molar-refractivity contribution in [3.05, 3.63) is 35.9 Å². The van der Waals surface area contributed by atoms with Gasteiger partial charge in [0.25, 0.3) is 0 Å². The predicted molar refractivity (Wildman–Crippen MR) is 99.6 cm³/mol. The van der Waals surface area contributed by atoms with Gasteiger partial charge in [0.05, 0.1) is 5.92 Å². The van der Waals surface area contributed by atoms with Crippen LogP contribution in [0.25, 0.3) is 0 Å². The van der Waals surface area contributed by atoms with Gasteiger partial charge in [-0.15, -0.1) is 0 Å². The van der Waals surface area contributed by atoms with Gasteiger partial charge in [-0.3, -0.25) is 9.59 Å². The van der Waals surface area contributed by atoms with Crippen LogP contribution >= 0.6 is 0 Å². The summed E-state index contributed by atoms with van der Waals surface area (Å²) in [6.45, 7) is 2.18. The molecule has 25 heavy (non-hydrogen) atoms. The Kier molecular flexibility index (Phi) is 10.6. The fourth-order valence-electron chi connectivity index (χ4n) is 3.41. The highest BCUT2D eigenvalue weighted by Gasteiger charge is 2.27. The van der Waals surface area contributed by atoms with E-state index in [1.165, 1.54) is 19.3 Å². The molecule has 4 nitrogen and oxygen atoms in total. The first-order chi connectivity index (χ1) is 12.0. The molecule has 0 saturated heterocycles. The van der Waals surface area contributed by atoms with Gasteiger partial charge in [-0.1, -0.05) is 69.4 Å². The molecule has 0 spiro atoms. The van der Waals surface area contributed by atoms with Crippen molar-refractivity contribution in [1.82, 2.24) is 0 Å². The fraction of sp³-hybridized carbons (Fsp3) is 0.619. The quantitative estimate of drug-likeness (QED) is 0.455. The molecule has 2 N–H and O–H groups in total. The minimum atomic E-state index is -0.858. The SMILES string of the molecule is CCCCCCCC(Cc1ccccc1)C(CCCC(=O)O)C(=O)O. The highest BCUT2D eigenvalue weighted by molar-refractivity contribution is 5.70. The summed E-state index contributed by atoms with van der Waals surface area (Å²) in [6, 6.07) is 10.0. The van der Waals surface area contributed by atoms with E-state index in [-0.39, 0.29) is 12.3 Å². The molecule has 0 saturated carbocycles. The Morgan fingerprint density at radius 1 is 0.920 bits per heavy atom. The first kappa shape index (κ1) is 21.2. The van der Waals surface area contributed by atoms with E-state index < -0.39 is 17.9 Å². The van der Waals surface area contributed by atoms with Crippen LogP contribution < -0.4 is 0 Å². The maximum absolute atomic E-state index is 11.8. The van der Waals surface area contributed by atoms with Gasteiger partial charge >= 0.3 is 11.9 Å². The van der Waals surface area contributed by atoms with E-state index in [0.717, 1.165) is 31.2 Å². The van der Waals surface area contributed by atoms with E-state index >= 15 is 0 Å². The van der Waals surface area contributed by atoms with Crippen molar-refractivity contribution in [3.63, 3.8) is 0 Å². The third kappa shape index (κ3) is 9.28. The Morgan fingerprint density at radius 2 is 1.60 bits per heavy atom. The topological polar surface area (TPSA) is 74.6 Å². The fourth-order valence-corrected chi connectivity index (χ4v) is 3.41. The number of carboxylic acids is 2. The van der Waals surface area contributed by atoms with Crippen molar-refractivity contribution in [3.8, 4) is 0 Å². The Hall–Kier alpha value is -1.84. The summed E-state index contributed by atoms with van der Waals surface area (Å²) in [4.78, 5) is 22.5. The van der Waals surface area contributed by atoms with Gasteiger partial charge in [0.15, 0.2) is 0 Å². The number of rotatable bonds is 14. The summed E-state index contributed by atoms with van der Waals surface area (Å²) in [5.41, 5.74) is 1.16. The lowest BCUT2D eigenvalue weighted by atomic mass is 9.80. The van der Waals surface area contributed by atoms with Crippen LogP contribution in [0.5, 0.6) is 0 Å². The molecule has 2 atom stereocenters. The van der Waals surface area contributed by atoms with E-state index in [1.807, 2.05) is 30.3 Å². The van der Waals surface area contributed by atoms with E-state index in [1.54, 1.807) is 0 Å². The molecule has 1 rings (SSSR count). The molecule has 1 aromatic rings. The molecule has 2 unspecified atom stereocenters. The molecular formula is C21H32O4. The Morgan fingerprint density at radius 3 is 2.20 bits per heavy atom. The highest BCUT2D eigenvalue weighted by atomic mass is 16.4. The van der Waals surface area contributed by atoms with Gasteiger partial charge in [0.1, 0.15) is 0 Å². The van der Waals surface area contributed by atoms with Crippen LogP contribution in [0.15, 0.2) is 30.3 Å². The second-order valence-corrected chi connectivity index (χ2v) is 6.88. The molecule has 0 radical (unpaired) electrons. The first-order valence-corrected chi connectivity index (χ1v) is 9.53. The molecule has 0 amide bonds. The van der Waals surface area contributed by atoms with Crippen molar-refractivity contribution in [2.24, 2.45) is 11.8 Å². The summed E-state index contributed by atoms with van der Waals surface area (Å²) in [5.74, 6) is -2.05. The van der Waals surface area contributed by atoms with Gasteiger partial charge < -0.3 is 10.2 Å². The number of hydrogen-bond acceptors (Lipinski definition) is 2. The number of benzene rings is 1. The van der Waals surface area contributed by atoms with Gasteiger partial charge in [0, 0.05) is 6.42 Å². The second kappa shape index (κ2) is 12.5. The summed E-state index contributed by atoms with van der Waals surface area (Å²) in [7, 11) is 0. The lowest BCUT2D eigenvalue weighted by molar-refractivity contribution is -0.145. The van der Waals surface area contributed by atoms with E-state index in [9.17, 15) is 14.7 Å². The van der Waals surface area contributed by atoms with Gasteiger partial charge in [0.2, 0.25) is 0 Å². The third-order valence-corrected chi connectivity index (χ3v) is 4.81. The molecule has 0 fully saturated rings. The van der Waals surface area contributed by atoms with Gasteiger partial charge in [-0.25, -0.2) is 0 Å². The molecule has 0 aliphatic carbocycles. The van der Waals surface area contributed by atoms with Crippen molar-refractivity contribution >= 4 is 11.9 Å². The zero-order valence-corrected chi connectivity index (χ0v) is 15.3. The van der Waals surface area contributed by atoms with Crippen molar-refractivity contribution in [2.75, 3.05) is 0 Å². The summed E-state index contributed by atoms with van der Waals surface area (Å²) in [6.07, 6.45) is 8.35. The van der Waals surface area contributed by atoms with Crippen LogP contribution in [-0.4, -0.2) is 22.2 Å². The number of hydrogen-bond donors (Lipinski definition) is 2. The van der Waals surface area contributed by atoms with Crippen molar-refractivity contribution in [1.29, 1.82) is 0 Å². The Balaban J connectivity index is 2.69. The summed E-state index contributed by atoms with van der Waals surface area (Å²) < 4.78 is 0. The number of aliphatic carboxylic acids is 2. The maximum Gasteiger partial charge on any atom is 0.306 e. The minimum Gasteiger partial charge on any atom is -0.481 e. The van der Waals surface area contributed by atoms with Crippen LogP contribution in [0.2, 0.25) is 0 Å². The maximum atomic E-state index is 11.8. The molecule has 0 aliphatic rings. The Bertz CT molecular complexity index is 498. The van der Waals surface area contributed by atoms with Crippen molar-refractivity contribution < 1.29 is 19.8 Å².